The van der Waals surface area contributed by atoms with E-state index in [9.17, 15) is 4.79 Å². The fourth-order valence-electron chi connectivity index (χ4n) is 2.15. The second-order valence-electron chi connectivity index (χ2n) is 5.07. The van der Waals surface area contributed by atoms with Crippen molar-refractivity contribution in [2.45, 2.75) is 31.7 Å². The third-order valence-corrected chi connectivity index (χ3v) is 4.39. The van der Waals surface area contributed by atoms with Gasteiger partial charge in [0, 0.05) is 12.6 Å². The number of ether oxygens (including phenoxy) is 1. The lowest BCUT2D eigenvalue weighted by molar-refractivity contribution is 0.0603. The number of rotatable bonds is 5. The van der Waals surface area contributed by atoms with E-state index in [4.69, 9.17) is 10.5 Å². The van der Waals surface area contributed by atoms with Gasteiger partial charge in [-0.2, -0.15) is 4.37 Å². The molecule has 0 aromatic carbocycles. The number of hydrogen-bond acceptors (Lipinski definition) is 6. The first kappa shape index (κ1) is 11.8. The van der Waals surface area contributed by atoms with E-state index in [0.29, 0.717) is 17.4 Å². The number of aromatic nitrogens is 1. The molecule has 2 N–H and O–H groups in total. The highest BCUT2D eigenvalue weighted by atomic mass is 32.1. The van der Waals surface area contributed by atoms with E-state index < -0.39 is 0 Å². The SMILES string of the molecule is COC(=O)c1c(N)nsc1N(CC1CC1)C1CC1. The topological polar surface area (TPSA) is 68.5 Å². The third kappa shape index (κ3) is 2.16. The maximum Gasteiger partial charge on any atom is 0.344 e. The van der Waals surface area contributed by atoms with E-state index in [2.05, 4.69) is 9.27 Å². The molecular formula is C12H17N3O2S. The molecule has 2 saturated carbocycles. The van der Waals surface area contributed by atoms with E-state index in [1.54, 1.807) is 0 Å². The summed E-state index contributed by atoms with van der Waals surface area (Å²) < 4.78 is 8.93. The number of methoxy groups -OCH3 is 1. The number of nitrogens with two attached hydrogens (primary N) is 1. The van der Waals surface area contributed by atoms with Gasteiger partial charge in [0.1, 0.15) is 10.6 Å². The van der Waals surface area contributed by atoms with Crippen LogP contribution < -0.4 is 10.6 Å². The Labute approximate surface area is 110 Å². The second kappa shape index (κ2) is 4.42. The first-order chi connectivity index (χ1) is 8.70. The molecule has 0 radical (unpaired) electrons. The van der Waals surface area contributed by atoms with Crippen LogP contribution in [-0.4, -0.2) is 30.0 Å². The number of nitrogen functional groups attached to an aromatic ring is 1. The van der Waals surface area contributed by atoms with Crippen molar-refractivity contribution >= 4 is 28.3 Å². The van der Waals surface area contributed by atoms with Crippen LogP contribution in [0.15, 0.2) is 0 Å². The zero-order valence-electron chi connectivity index (χ0n) is 10.4. The molecule has 5 nitrogen and oxygen atoms in total. The molecule has 1 aromatic heterocycles. The van der Waals surface area contributed by atoms with Crippen LogP contribution in [0.1, 0.15) is 36.0 Å². The van der Waals surface area contributed by atoms with Gasteiger partial charge in [0.2, 0.25) is 0 Å². The second-order valence-corrected chi connectivity index (χ2v) is 5.82. The van der Waals surface area contributed by atoms with E-state index >= 15 is 0 Å². The van der Waals surface area contributed by atoms with Gasteiger partial charge >= 0.3 is 5.97 Å². The quantitative estimate of drug-likeness (QED) is 0.825. The van der Waals surface area contributed by atoms with Crippen LogP contribution in [-0.2, 0) is 4.74 Å². The summed E-state index contributed by atoms with van der Waals surface area (Å²) in [6, 6.07) is 0.564. The number of hydrogen-bond donors (Lipinski definition) is 1. The molecule has 1 aromatic rings. The molecule has 3 rings (SSSR count). The maximum atomic E-state index is 11.8. The highest BCUT2D eigenvalue weighted by Gasteiger charge is 2.37. The summed E-state index contributed by atoms with van der Waals surface area (Å²) in [7, 11) is 1.38. The van der Waals surface area contributed by atoms with Crippen molar-refractivity contribution in [1.82, 2.24) is 4.37 Å². The fraction of sp³-hybridized carbons (Fsp3) is 0.667. The Morgan fingerprint density at radius 3 is 2.78 bits per heavy atom. The van der Waals surface area contributed by atoms with Gasteiger partial charge in [-0.15, -0.1) is 0 Å². The van der Waals surface area contributed by atoms with Crippen LogP contribution in [0.4, 0.5) is 10.8 Å². The van der Waals surface area contributed by atoms with Gasteiger partial charge in [-0.25, -0.2) is 4.79 Å². The van der Waals surface area contributed by atoms with Gasteiger partial charge in [-0.3, -0.25) is 0 Å². The van der Waals surface area contributed by atoms with Crippen molar-refractivity contribution in [3.05, 3.63) is 5.56 Å². The summed E-state index contributed by atoms with van der Waals surface area (Å²) in [6.45, 7) is 1.02. The van der Waals surface area contributed by atoms with Gasteiger partial charge in [0.05, 0.1) is 7.11 Å². The molecule has 0 bridgehead atoms. The summed E-state index contributed by atoms with van der Waals surface area (Å²) in [4.78, 5) is 14.1. The molecule has 0 saturated heterocycles. The summed E-state index contributed by atoms with van der Waals surface area (Å²) in [6.07, 6.45) is 4.99. The Kier molecular flexibility index (Phi) is 2.89. The zero-order chi connectivity index (χ0) is 12.7. The predicted molar refractivity (Wildman–Crippen MR) is 71.0 cm³/mol. The lowest BCUT2D eigenvalue weighted by Crippen LogP contribution is -2.28. The van der Waals surface area contributed by atoms with Gasteiger partial charge < -0.3 is 15.4 Å². The number of nitrogens with zero attached hydrogens (tertiary/aromatic N) is 2. The Balaban J connectivity index is 1.90. The van der Waals surface area contributed by atoms with Crippen LogP contribution in [0.2, 0.25) is 0 Å². The highest BCUT2D eigenvalue weighted by molar-refractivity contribution is 7.11. The van der Waals surface area contributed by atoms with Crippen LogP contribution in [0.5, 0.6) is 0 Å². The van der Waals surface area contributed by atoms with Gasteiger partial charge in [-0.05, 0) is 43.1 Å². The molecule has 0 spiro atoms. The number of esters is 1. The van der Waals surface area contributed by atoms with E-state index in [0.717, 1.165) is 17.5 Å². The summed E-state index contributed by atoms with van der Waals surface area (Å²) in [5.74, 6) is 0.695. The Bertz CT molecular complexity index is 466. The predicted octanol–water partition coefficient (Wildman–Crippen LogP) is 1.89. The molecule has 0 aliphatic heterocycles. The van der Waals surface area contributed by atoms with E-state index in [1.165, 1.54) is 44.3 Å². The average Bonchev–Trinajstić information content (AvgIpc) is 3.24. The summed E-state index contributed by atoms with van der Waals surface area (Å²) in [5.41, 5.74) is 6.25. The monoisotopic (exact) mass is 267 g/mol. The van der Waals surface area contributed by atoms with Gasteiger partial charge in [0.15, 0.2) is 5.82 Å². The molecular weight excluding hydrogens is 250 g/mol. The molecule has 0 amide bonds. The van der Waals surface area contributed by atoms with Crippen LogP contribution in [0.3, 0.4) is 0 Å². The molecule has 0 unspecified atom stereocenters. The van der Waals surface area contributed by atoms with Gasteiger partial charge in [0.25, 0.3) is 0 Å². The lowest BCUT2D eigenvalue weighted by atomic mass is 10.2. The molecule has 98 valence electrons. The fourth-order valence-corrected chi connectivity index (χ4v) is 3.03. The first-order valence-electron chi connectivity index (χ1n) is 6.30. The molecule has 2 fully saturated rings. The minimum absolute atomic E-state index is 0.295. The number of carbonyl (C=O) groups is 1. The number of anilines is 2. The van der Waals surface area contributed by atoms with Crippen molar-refractivity contribution in [1.29, 1.82) is 0 Å². The maximum absolute atomic E-state index is 11.8. The number of carbonyl (C=O) groups excluding carboxylic acids is 1. The molecule has 2 aliphatic carbocycles. The van der Waals surface area contributed by atoms with E-state index in [1.807, 2.05) is 0 Å². The van der Waals surface area contributed by atoms with Crippen molar-refractivity contribution < 1.29 is 9.53 Å². The average molecular weight is 267 g/mol. The standard InChI is InChI=1S/C12H17N3O2S/c1-17-12(16)9-10(13)14-18-11(9)15(8-4-5-8)6-7-2-3-7/h7-8H,2-6H2,1H3,(H2,13,14). The Morgan fingerprint density at radius 2 is 2.22 bits per heavy atom. The minimum atomic E-state index is -0.377. The van der Waals surface area contributed by atoms with Crippen molar-refractivity contribution in [3.8, 4) is 0 Å². The van der Waals surface area contributed by atoms with Crippen molar-refractivity contribution in [2.24, 2.45) is 5.92 Å². The Morgan fingerprint density at radius 1 is 1.50 bits per heavy atom. The lowest BCUT2D eigenvalue weighted by Gasteiger charge is -2.23. The van der Waals surface area contributed by atoms with Crippen LogP contribution in [0.25, 0.3) is 0 Å². The highest BCUT2D eigenvalue weighted by Crippen LogP contribution is 2.42. The largest absolute Gasteiger partial charge is 0.465 e. The smallest absolute Gasteiger partial charge is 0.344 e. The first-order valence-corrected chi connectivity index (χ1v) is 7.08. The molecule has 1 heterocycles. The molecule has 2 aliphatic rings. The Hall–Kier alpha value is -1.30. The van der Waals surface area contributed by atoms with E-state index in [-0.39, 0.29) is 5.97 Å². The zero-order valence-corrected chi connectivity index (χ0v) is 11.2. The summed E-state index contributed by atoms with van der Waals surface area (Å²) >= 11 is 1.32. The minimum Gasteiger partial charge on any atom is -0.465 e. The molecule has 18 heavy (non-hydrogen) atoms. The van der Waals surface area contributed by atoms with Crippen LogP contribution in [0, 0.1) is 5.92 Å². The summed E-state index contributed by atoms with van der Waals surface area (Å²) in [5, 5.41) is 0.897. The van der Waals surface area contributed by atoms with Crippen molar-refractivity contribution in [3.63, 3.8) is 0 Å². The molecule has 0 atom stereocenters. The van der Waals surface area contributed by atoms with Crippen molar-refractivity contribution in [2.75, 3.05) is 24.3 Å². The van der Waals surface area contributed by atoms with Gasteiger partial charge in [-0.1, -0.05) is 0 Å². The molecule has 6 heteroatoms. The van der Waals surface area contributed by atoms with Crippen LogP contribution >= 0.6 is 11.5 Å². The normalized spacial score (nSPS) is 18.7. The third-order valence-electron chi connectivity index (χ3n) is 3.49.